The lowest BCUT2D eigenvalue weighted by Crippen LogP contribution is -2.38. The van der Waals surface area contributed by atoms with Crippen LogP contribution in [-0.2, 0) is 4.74 Å². The highest BCUT2D eigenvalue weighted by atomic mass is 16.6. The first-order valence-electron chi connectivity index (χ1n) is 6.72. The second kappa shape index (κ2) is 7.26. The number of hydrogen-bond donors (Lipinski definition) is 3. The molecule has 0 fully saturated rings. The number of nitrogens with two attached hydrogens (primary N) is 1. The van der Waals surface area contributed by atoms with Crippen molar-refractivity contribution in [2.24, 2.45) is 5.73 Å². The van der Waals surface area contributed by atoms with Gasteiger partial charge in [-0.25, -0.2) is 4.79 Å². The number of amides is 1. The minimum Gasteiger partial charge on any atom is -0.444 e. The van der Waals surface area contributed by atoms with Gasteiger partial charge in [-0.2, -0.15) is 0 Å². The van der Waals surface area contributed by atoms with E-state index < -0.39 is 17.7 Å². The average molecular weight is 280 g/mol. The van der Waals surface area contributed by atoms with E-state index in [1.807, 2.05) is 51.1 Å². The van der Waals surface area contributed by atoms with Crippen molar-refractivity contribution in [1.82, 2.24) is 5.32 Å². The van der Waals surface area contributed by atoms with Gasteiger partial charge in [0.25, 0.3) is 0 Å². The molecule has 0 aromatic heterocycles. The van der Waals surface area contributed by atoms with Crippen molar-refractivity contribution < 1.29 is 14.6 Å². The lowest BCUT2D eigenvalue weighted by atomic mass is 10.00. The highest BCUT2D eigenvalue weighted by molar-refractivity contribution is 5.68. The van der Waals surface area contributed by atoms with Gasteiger partial charge in [0, 0.05) is 6.04 Å². The summed E-state index contributed by atoms with van der Waals surface area (Å²) in [6, 6.07) is 8.83. The first-order chi connectivity index (χ1) is 9.31. The Hall–Kier alpha value is -1.59. The van der Waals surface area contributed by atoms with E-state index in [0.29, 0.717) is 6.42 Å². The second-order valence-corrected chi connectivity index (χ2v) is 5.79. The van der Waals surface area contributed by atoms with Crippen LogP contribution < -0.4 is 11.1 Å². The molecule has 0 saturated carbocycles. The normalized spacial score (nSPS) is 14.4. The fraction of sp³-hybridized carbons (Fsp3) is 0.533. The van der Waals surface area contributed by atoms with Crippen LogP contribution in [0.25, 0.3) is 0 Å². The van der Waals surface area contributed by atoms with Crippen LogP contribution in [0.3, 0.4) is 0 Å². The Kier molecular flexibility index (Phi) is 5.98. The van der Waals surface area contributed by atoms with Gasteiger partial charge in [-0.3, -0.25) is 0 Å². The van der Waals surface area contributed by atoms with Gasteiger partial charge in [0.2, 0.25) is 0 Å². The van der Waals surface area contributed by atoms with Crippen LogP contribution >= 0.6 is 0 Å². The SMILES string of the molecule is CC(C)(C)OC(=O)NC(CC(N)CO)c1ccccc1. The molecule has 0 aliphatic heterocycles. The number of alkyl carbamates (subject to hydrolysis) is 1. The number of rotatable bonds is 5. The predicted molar refractivity (Wildman–Crippen MR) is 78.2 cm³/mol. The molecule has 2 unspecified atom stereocenters. The molecule has 1 rings (SSSR count). The number of ether oxygens (including phenoxy) is 1. The van der Waals surface area contributed by atoms with Crippen molar-refractivity contribution >= 4 is 6.09 Å². The molecule has 2 atom stereocenters. The highest BCUT2D eigenvalue weighted by Crippen LogP contribution is 2.19. The monoisotopic (exact) mass is 280 g/mol. The fourth-order valence-electron chi connectivity index (χ4n) is 1.79. The van der Waals surface area contributed by atoms with E-state index in [1.165, 1.54) is 0 Å². The zero-order chi connectivity index (χ0) is 15.2. The molecule has 1 amide bonds. The first kappa shape index (κ1) is 16.5. The fourth-order valence-corrected chi connectivity index (χ4v) is 1.79. The lowest BCUT2D eigenvalue weighted by molar-refractivity contribution is 0.0497. The van der Waals surface area contributed by atoms with E-state index in [1.54, 1.807) is 0 Å². The molecule has 0 spiro atoms. The van der Waals surface area contributed by atoms with Crippen LogP contribution in [0.5, 0.6) is 0 Å². The molecule has 5 heteroatoms. The maximum Gasteiger partial charge on any atom is 0.408 e. The summed E-state index contributed by atoms with van der Waals surface area (Å²) in [4.78, 5) is 11.9. The Morgan fingerprint density at radius 2 is 1.95 bits per heavy atom. The Labute approximate surface area is 120 Å². The van der Waals surface area contributed by atoms with Crippen LogP contribution in [-0.4, -0.2) is 29.4 Å². The van der Waals surface area contributed by atoms with Crippen molar-refractivity contribution in [2.75, 3.05) is 6.61 Å². The van der Waals surface area contributed by atoms with Crippen LogP contribution in [0.4, 0.5) is 4.79 Å². The zero-order valence-electron chi connectivity index (χ0n) is 12.3. The standard InChI is InChI=1S/C15H24N2O3/c1-15(2,3)20-14(19)17-13(9-12(16)10-18)11-7-5-4-6-8-11/h4-8,12-13,18H,9-10,16H2,1-3H3,(H,17,19). The Balaban J connectivity index is 2.76. The van der Waals surface area contributed by atoms with Crippen molar-refractivity contribution in [3.63, 3.8) is 0 Å². The van der Waals surface area contributed by atoms with Crippen LogP contribution in [0.2, 0.25) is 0 Å². The first-order valence-corrected chi connectivity index (χ1v) is 6.72. The summed E-state index contributed by atoms with van der Waals surface area (Å²) in [7, 11) is 0. The molecule has 1 aromatic carbocycles. The van der Waals surface area contributed by atoms with Gasteiger partial charge in [-0.15, -0.1) is 0 Å². The van der Waals surface area contributed by atoms with Gasteiger partial charge in [-0.1, -0.05) is 30.3 Å². The Morgan fingerprint density at radius 1 is 1.35 bits per heavy atom. The van der Waals surface area contributed by atoms with Gasteiger partial charge in [-0.05, 0) is 32.8 Å². The molecule has 0 radical (unpaired) electrons. The molecule has 4 N–H and O–H groups in total. The third-order valence-corrected chi connectivity index (χ3v) is 2.67. The second-order valence-electron chi connectivity index (χ2n) is 5.79. The van der Waals surface area contributed by atoms with Crippen molar-refractivity contribution in [1.29, 1.82) is 0 Å². The molecular formula is C15H24N2O3. The third-order valence-electron chi connectivity index (χ3n) is 2.67. The number of nitrogens with one attached hydrogen (secondary N) is 1. The molecule has 0 heterocycles. The third kappa shape index (κ3) is 6.04. The number of aliphatic hydroxyl groups excluding tert-OH is 1. The largest absolute Gasteiger partial charge is 0.444 e. The number of carbonyl (C=O) groups is 1. The quantitative estimate of drug-likeness (QED) is 0.769. The topological polar surface area (TPSA) is 84.6 Å². The molecular weight excluding hydrogens is 256 g/mol. The summed E-state index contributed by atoms with van der Waals surface area (Å²) in [5, 5.41) is 11.9. The van der Waals surface area contributed by atoms with Gasteiger partial charge in [0.05, 0.1) is 12.6 Å². The van der Waals surface area contributed by atoms with Gasteiger partial charge < -0.3 is 20.9 Å². The van der Waals surface area contributed by atoms with E-state index in [4.69, 9.17) is 15.6 Å². The molecule has 0 saturated heterocycles. The van der Waals surface area contributed by atoms with Crippen molar-refractivity contribution in [2.45, 2.75) is 44.9 Å². The van der Waals surface area contributed by atoms with Crippen LogP contribution in [0, 0.1) is 0 Å². The van der Waals surface area contributed by atoms with E-state index in [2.05, 4.69) is 5.32 Å². The molecule has 1 aromatic rings. The van der Waals surface area contributed by atoms with Crippen molar-refractivity contribution in [3.05, 3.63) is 35.9 Å². The van der Waals surface area contributed by atoms with Gasteiger partial charge in [0.1, 0.15) is 5.60 Å². The van der Waals surface area contributed by atoms with E-state index in [9.17, 15) is 4.79 Å². The van der Waals surface area contributed by atoms with E-state index >= 15 is 0 Å². The maximum absolute atomic E-state index is 11.9. The zero-order valence-corrected chi connectivity index (χ0v) is 12.3. The summed E-state index contributed by atoms with van der Waals surface area (Å²) < 4.78 is 5.25. The van der Waals surface area contributed by atoms with Gasteiger partial charge >= 0.3 is 6.09 Å². The minimum absolute atomic E-state index is 0.126. The molecule has 0 bridgehead atoms. The highest BCUT2D eigenvalue weighted by Gasteiger charge is 2.21. The molecule has 0 aliphatic rings. The molecule has 5 nitrogen and oxygen atoms in total. The summed E-state index contributed by atoms with van der Waals surface area (Å²) >= 11 is 0. The summed E-state index contributed by atoms with van der Waals surface area (Å²) in [5.74, 6) is 0. The molecule has 20 heavy (non-hydrogen) atoms. The number of carbonyl (C=O) groups excluding carboxylic acids is 1. The van der Waals surface area contributed by atoms with Gasteiger partial charge in [0.15, 0.2) is 0 Å². The average Bonchev–Trinajstić information content (AvgIpc) is 2.36. The van der Waals surface area contributed by atoms with E-state index in [-0.39, 0.29) is 12.6 Å². The number of aliphatic hydroxyl groups is 1. The number of benzene rings is 1. The number of hydrogen-bond acceptors (Lipinski definition) is 4. The van der Waals surface area contributed by atoms with Crippen LogP contribution in [0.15, 0.2) is 30.3 Å². The van der Waals surface area contributed by atoms with E-state index in [0.717, 1.165) is 5.56 Å². The smallest absolute Gasteiger partial charge is 0.408 e. The van der Waals surface area contributed by atoms with Crippen molar-refractivity contribution in [3.8, 4) is 0 Å². The minimum atomic E-state index is -0.551. The predicted octanol–water partition coefficient (Wildman–Crippen LogP) is 1.96. The lowest BCUT2D eigenvalue weighted by Gasteiger charge is -2.25. The van der Waals surface area contributed by atoms with Crippen LogP contribution in [0.1, 0.15) is 38.8 Å². The molecule has 0 aliphatic carbocycles. The maximum atomic E-state index is 11.9. The molecule has 112 valence electrons. The summed E-state index contributed by atoms with van der Waals surface area (Å²) in [6.07, 6.45) is -0.0452. The summed E-state index contributed by atoms with van der Waals surface area (Å²) in [6.45, 7) is 5.30. The Morgan fingerprint density at radius 3 is 2.45 bits per heavy atom. The summed E-state index contributed by atoms with van der Waals surface area (Å²) in [5.41, 5.74) is 6.15. The Bertz CT molecular complexity index is 415.